The fraction of sp³-hybridized carbons (Fsp3) is 0.833. The van der Waals surface area contributed by atoms with Gasteiger partial charge in [0.1, 0.15) is 12.1 Å². The van der Waals surface area contributed by atoms with Gasteiger partial charge in [0.15, 0.2) is 5.78 Å². The van der Waals surface area contributed by atoms with E-state index < -0.39 is 53.2 Å². The molecule has 0 bridgehead atoms. The largest absolute Gasteiger partial charge is 0.363 e. The van der Waals surface area contributed by atoms with E-state index in [1.54, 1.807) is 4.90 Å². The van der Waals surface area contributed by atoms with Gasteiger partial charge in [-0.2, -0.15) is 0 Å². The Morgan fingerprint density at radius 1 is 0.872 bits per heavy atom. The number of rotatable bonds is 16. The molecular weight excluding hydrogens is 598 g/mol. The van der Waals surface area contributed by atoms with Crippen LogP contribution in [0.5, 0.6) is 0 Å². The number of hydrogen-bond acceptors (Lipinski definition) is 6. The molecule has 0 aromatic rings. The summed E-state index contributed by atoms with van der Waals surface area (Å²) in [5, 5.41) is 8.66. The second kappa shape index (κ2) is 13.9. The van der Waals surface area contributed by atoms with E-state index in [0.29, 0.717) is 19.4 Å². The number of Topliss-reactive ketones (excluding diaryl/α,β-unsaturated/α-hetero) is 2. The van der Waals surface area contributed by atoms with Gasteiger partial charge in [0.05, 0.1) is 12.1 Å². The highest BCUT2D eigenvalue weighted by atomic mass is 16.2. The lowest BCUT2D eigenvalue weighted by molar-refractivity contribution is -0.145. The lowest BCUT2D eigenvalue weighted by atomic mass is 9.85. The first kappa shape index (κ1) is 35.3. The molecular formula is C36H57N5O6. The first-order valence-electron chi connectivity index (χ1n) is 18.2. The highest BCUT2D eigenvalue weighted by molar-refractivity contribution is 6.37. The quantitative estimate of drug-likeness (QED) is 0.146. The number of fused-ring (bicyclic) bond motifs is 1. The molecule has 5 aliphatic rings. The smallest absolute Gasteiger partial charge is 0.316 e. The van der Waals surface area contributed by atoms with Crippen molar-refractivity contribution in [2.24, 2.45) is 46.2 Å². The second-order valence-corrected chi connectivity index (χ2v) is 16.9. The molecule has 11 heteroatoms. The van der Waals surface area contributed by atoms with Crippen molar-refractivity contribution in [3.8, 4) is 0 Å². The number of amides is 5. The highest BCUT2D eigenvalue weighted by Crippen LogP contribution is 2.65. The van der Waals surface area contributed by atoms with Gasteiger partial charge < -0.3 is 26.6 Å². The minimum atomic E-state index is -1.09. The Morgan fingerprint density at radius 3 is 2.11 bits per heavy atom. The van der Waals surface area contributed by atoms with Crippen molar-refractivity contribution in [3.05, 3.63) is 0 Å². The number of carbonyl (C=O) groups excluding carboxylic acids is 6. The van der Waals surface area contributed by atoms with Gasteiger partial charge in [-0.3, -0.25) is 24.0 Å². The van der Waals surface area contributed by atoms with E-state index >= 15 is 0 Å². The Hall–Kier alpha value is -2.98. The number of carbonyl (C=O) groups is 6. The zero-order chi connectivity index (χ0) is 34.3. The number of hydrogen-bond donors (Lipinski definition) is 4. The number of likely N-dealkylation sites (tertiary alicyclic amines) is 1. The summed E-state index contributed by atoms with van der Waals surface area (Å²) in [6.07, 6.45) is 12.2. The van der Waals surface area contributed by atoms with Crippen LogP contribution in [0.4, 0.5) is 4.79 Å². The summed E-state index contributed by atoms with van der Waals surface area (Å²) in [6, 6.07) is -3.97. The minimum Gasteiger partial charge on any atom is -0.363 e. The standard InChI is InChI=1S/C36H57N5O6/c1-35(2,3)30(40-34(47)39-26(21-12-9-10-13-21)28(42)22-17-18-22)33(46)41-19-23-25(36(23,4)5)27(41)32(45)38-24(29(43)31(37)44)14-8-6-7-11-20-15-16-20/h20-27,30H,6-19H2,1-5H3,(H2,37,44)(H,38,45)(H2,39,40,47)/t23-,24?,25-,26-,27-,30+/m0/s1. The number of piperidine rings is 1. The predicted molar refractivity (Wildman–Crippen MR) is 177 cm³/mol. The van der Waals surface area contributed by atoms with E-state index in [1.165, 1.54) is 12.8 Å². The molecule has 1 aliphatic heterocycles. The summed E-state index contributed by atoms with van der Waals surface area (Å²) in [4.78, 5) is 81.3. The third-order valence-corrected chi connectivity index (χ3v) is 11.8. The van der Waals surface area contributed by atoms with Crippen molar-refractivity contribution in [2.75, 3.05) is 6.54 Å². The Morgan fingerprint density at radius 2 is 1.53 bits per heavy atom. The fourth-order valence-electron chi connectivity index (χ4n) is 8.34. The molecule has 4 aliphatic carbocycles. The number of unbranched alkanes of at least 4 members (excludes halogenated alkanes) is 2. The maximum atomic E-state index is 14.3. The molecule has 5 N–H and O–H groups in total. The average Bonchev–Trinajstić information content (AvgIpc) is 3.97. The molecule has 11 nitrogen and oxygen atoms in total. The molecule has 5 amide bonds. The molecule has 47 heavy (non-hydrogen) atoms. The Kier molecular flexibility index (Phi) is 10.4. The van der Waals surface area contributed by atoms with Crippen LogP contribution in [0.2, 0.25) is 0 Å². The predicted octanol–water partition coefficient (Wildman–Crippen LogP) is 3.62. The topological polar surface area (TPSA) is 168 Å². The fourth-order valence-corrected chi connectivity index (χ4v) is 8.34. The average molecular weight is 656 g/mol. The Labute approximate surface area is 279 Å². The van der Waals surface area contributed by atoms with Crippen molar-refractivity contribution in [3.63, 3.8) is 0 Å². The molecule has 1 unspecified atom stereocenters. The van der Waals surface area contributed by atoms with Gasteiger partial charge in [-0.05, 0) is 66.6 Å². The molecule has 0 radical (unpaired) electrons. The van der Waals surface area contributed by atoms with Crippen LogP contribution < -0.4 is 21.7 Å². The number of urea groups is 1. The second-order valence-electron chi connectivity index (χ2n) is 16.9. The van der Waals surface area contributed by atoms with Crippen LogP contribution in [0.1, 0.15) is 118 Å². The minimum absolute atomic E-state index is 0.00732. The maximum absolute atomic E-state index is 14.3. The molecule has 5 fully saturated rings. The third-order valence-electron chi connectivity index (χ3n) is 11.8. The number of primary amides is 1. The van der Waals surface area contributed by atoms with Crippen molar-refractivity contribution in [2.45, 2.75) is 142 Å². The Balaban J connectivity index is 1.28. The van der Waals surface area contributed by atoms with E-state index in [1.807, 2.05) is 20.8 Å². The van der Waals surface area contributed by atoms with Crippen LogP contribution in [-0.2, 0) is 24.0 Å². The van der Waals surface area contributed by atoms with Crippen molar-refractivity contribution >= 4 is 35.3 Å². The summed E-state index contributed by atoms with van der Waals surface area (Å²) in [6.45, 7) is 10.1. The van der Waals surface area contributed by atoms with Crippen molar-refractivity contribution < 1.29 is 28.8 Å². The summed E-state index contributed by atoms with van der Waals surface area (Å²) < 4.78 is 0. The van der Waals surface area contributed by atoms with Crippen LogP contribution in [0.15, 0.2) is 0 Å². The van der Waals surface area contributed by atoms with E-state index in [-0.39, 0.29) is 40.8 Å². The first-order chi connectivity index (χ1) is 22.1. The summed E-state index contributed by atoms with van der Waals surface area (Å²) >= 11 is 0. The molecule has 0 aromatic heterocycles. The molecule has 0 aromatic carbocycles. The SMILES string of the molecule is CC(C)(C)[C@H](NC(=O)N[C@H](C(=O)C1CC1)C1CCCC1)C(=O)N1C[C@H]2[C@@H]([C@H]1C(=O)NC(CCCCCC1CC1)C(=O)C(N)=O)C2(C)C. The van der Waals surface area contributed by atoms with E-state index in [4.69, 9.17) is 5.73 Å². The third kappa shape index (κ3) is 8.19. The van der Waals surface area contributed by atoms with Crippen LogP contribution in [0.3, 0.4) is 0 Å². The molecule has 6 atom stereocenters. The summed E-state index contributed by atoms with van der Waals surface area (Å²) in [5.74, 6) is -1.77. The van der Waals surface area contributed by atoms with E-state index in [9.17, 15) is 28.8 Å². The van der Waals surface area contributed by atoms with Crippen molar-refractivity contribution in [1.82, 2.24) is 20.9 Å². The van der Waals surface area contributed by atoms with Crippen LogP contribution in [0.25, 0.3) is 0 Å². The normalized spacial score (nSPS) is 26.9. The number of nitrogens with zero attached hydrogens (tertiary/aromatic N) is 1. The number of ketones is 2. The zero-order valence-corrected chi connectivity index (χ0v) is 29.1. The van der Waals surface area contributed by atoms with Gasteiger partial charge in [-0.15, -0.1) is 0 Å². The molecule has 0 spiro atoms. The monoisotopic (exact) mass is 655 g/mol. The van der Waals surface area contributed by atoms with Gasteiger partial charge in [-0.1, -0.05) is 86.0 Å². The molecule has 262 valence electrons. The molecule has 4 saturated carbocycles. The van der Waals surface area contributed by atoms with Crippen molar-refractivity contribution in [1.29, 1.82) is 0 Å². The lowest BCUT2D eigenvalue weighted by Gasteiger charge is -2.38. The van der Waals surface area contributed by atoms with Gasteiger partial charge in [-0.25, -0.2) is 4.79 Å². The maximum Gasteiger partial charge on any atom is 0.316 e. The zero-order valence-electron chi connectivity index (χ0n) is 29.1. The van der Waals surface area contributed by atoms with Gasteiger partial charge in [0.2, 0.25) is 17.6 Å². The van der Waals surface area contributed by atoms with Gasteiger partial charge >= 0.3 is 6.03 Å². The van der Waals surface area contributed by atoms with Gasteiger partial charge in [0.25, 0.3) is 5.91 Å². The van der Waals surface area contributed by atoms with Gasteiger partial charge in [0, 0.05) is 12.5 Å². The first-order valence-corrected chi connectivity index (χ1v) is 18.2. The number of nitrogens with two attached hydrogens (primary N) is 1. The van der Waals surface area contributed by atoms with E-state index in [0.717, 1.165) is 63.7 Å². The number of nitrogens with one attached hydrogen (secondary N) is 3. The van der Waals surface area contributed by atoms with Crippen LogP contribution in [-0.4, -0.2) is 70.9 Å². The lowest BCUT2D eigenvalue weighted by Crippen LogP contribution is -2.62. The summed E-state index contributed by atoms with van der Waals surface area (Å²) in [5.41, 5.74) is 4.50. The van der Waals surface area contributed by atoms with Crippen LogP contribution >= 0.6 is 0 Å². The molecule has 1 heterocycles. The summed E-state index contributed by atoms with van der Waals surface area (Å²) in [7, 11) is 0. The highest BCUT2D eigenvalue weighted by Gasteiger charge is 2.70. The van der Waals surface area contributed by atoms with E-state index in [2.05, 4.69) is 29.8 Å². The molecule has 5 rings (SSSR count). The van der Waals surface area contributed by atoms with Crippen LogP contribution in [0, 0.1) is 40.4 Å². The Bertz CT molecular complexity index is 1240. The molecule has 1 saturated heterocycles.